The monoisotopic (exact) mass is 305 g/mol. The van der Waals surface area contributed by atoms with Crippen LogP contribution in [0.15, 0.2) is 18.5 Å². The molecule has 2 heterocycles. The Hall–Kier alpha value is -1.98. The summed E-state index contributed by atoms with van der Waals surface area (Å²) in [4.78, 5) is 30.0. The van der Waals surface area contributed by atoms with Gasteiger partial charge in [-0.25, -0.2) is 4.39 Å². The molecule has 5 nitrogen and oxygen atoms in total. The van der Waals surface area contributed by atoms with Gasteiger partial charge in [-0.05, 0) is 25.3 Å². The highest BCUT2D eigenvalue weighted by molar-refractivity contribution is 5.94. The molecule has 0 unspecified atom stereocenters. The quantitative estimate of drug-likeness (QED) is 0.903. The molecule has 2 atom stereocenters. The third kappa shape index (κ3) is 2.36. The van der Waals surface area contributed by atoms with E-state index in [0.717, 1.165) is 31.9 Å². The second-order valence-electron chi connectivity index (χ2n) is 6.25. The number of halogens is 1. The van der Waals surface area contributed by atoms with Crippen molar-refractivity contribution in [3.8, 4) is 0 Å². The largest absolute Gasteiger partial charge is 0.359 e. The van der Waals surface area contributed by atoms with E-state index >= 15 is 0 Å². The van der Waals surface area contributed by atoms with Crippen molar-refractivity contribution < 1.29 is 14.0 Å². The maximum Gasteiger partial charge on any atom is 0.256 e. The van der Waals surface area contributed by atoms with Gasteiger partial charge in [0.15, 0.2) is 5.82 Å². The summed E-state index contributed by atoms with van der Waals surface area (Å²) in [6.45, 7) is 1.11. The molecule has 118 valence electrons. The first-order valence-electron chi connectivity index (χ1n) is 7.68. The van der Waals surface area contributed by atoms with Gasteiger partial charge in [-0.2, -0.15) is 0 Å². The van der Waals surface area contributed by atoms with Gasteiger partial charge < -0.3 is 10.2 Å². The van der Waals surface area contributed by atoms with Gasteiger partial charge in [0.1, 0.15) is 0 Å². The van der Waals surface area contributed by atoms with Crippen LogP contribution in [0.2, 0.25) is 0 Å². The summed E-state index contributed by atoms with van der Waals surface area (Å²) in [5.41, 5.74) is -0.0826. The number of pyridine rings is 1. The van der Waals surface area contributed by atoms with Crippen molar-refractivity contribution in [1.29, 1.82) is 0 Å². The van der Waals surface area contributed by atoms with Crippen molar-refractivity contribution >= 4 is 11.8 Å². The Morgan fingerprint density at radius 2 is 2.27 bits per heavy atom. The zero-order valence-electron chi connectivity index (χ0n) is 12.6. The van der Waals surface area contributed by atoms with Gasteiger partial charge in [0.2, 0.25) is 5.91 Å². The third-order valence-corrected chi connectivity index (χ3v) is 5.14. The van der Waals surface area contributed by atoms with E-state index in [1.54, 1.807) is 11.9 Å². The molecule has 3 rings (SSSR count). The van der Waals surface area contributed by atoms with E-state index in [1.165, 1.54) is 12.3 Å². The smallest absolute Gasteiger partial charge is 0.256 e. The lowest BCUT2D eigenvalue weighted by Crippen LogP contribution is -2.40. The second kappa shape index (κ2) is 5.66. The molecule has 2 amide bonds. The number of amides is 2. The van der Waals surface area contributed by atoms with Gasteiger partial charge in [0, 0.05) is 37.7 Å². The highest BCUT2D eigenvalue weighted by Gasteiger charge is 2.51. The number of likely N-dealkylation sites (tertiary alicyclic amines) is 1. The van der Waals surface area contributed by atoms with Crippen molar-refractivity contribution in [2.75, 3.05) is 20.1 Å². The lowest BCUT2D eigenvalue weighted by Gasteiger charge is -2.30. The van der Waals surface area contributed by atoms with Gasteiger partial charge >= 0.3 is 0 Å². The van der Waals surface area contributed by atoms with Crippen LogP contribution in [0.25, 0.3) is 0 Å². The van der Waals surface area contributed by atoms with Crippen molar-refractivity contribution in [1.82, 2.24) is 15.2 Å². The van der Waals surface area contributed by atoms with E-state index in [4.69, 9.17) is 0 Å². The molecule has 6 heteroatoms. The molecule has 2 fully saturated rings. The van der Waals surface area contributed by atoms with Gasteiger partial charge in [-0.15, -0.1) is 0 Å². The van der Waals surface area contributed by atoms with Crippen LogP contribution >= 0.6 is 0 Å². The van der Waals surface area contributed by atoms with Crippen LogP contribution in [-0.4, -0.2) is 41.8 Å². The molecule has 0 radical (unpaired) electrons. The van der Waals surface area contributed by atoms with Crippen molar-refractivity contribution in [3.63, 3.8) is 0 Å². The van der Waals surface area contributed by atoms with Crippen LogP contribution in [0.1, 0.15) is 36.0 Å². The molecule has 1 saturated heterocycles. The number of nitrogens with one attached hydrogen (secondary N) is 1. The summed E-state index contributed by atoms with van der Waals surface area (Å²) in [6.07, 6.45) is 6.11. The summed E-state index contributed by atoms with van der Waals surface area (Å²) in [7, 11) is 1.65. The first kappa shape index (κ1) is 14.9. The molecule has 1 spiro atoms. The van der Waals surface area contributed by atoms with Gasteiger partial charge in [-0.1, -0.05) is 6.42 Å². The Balaban J connectivity index is 1.79. The molecular formula is C16H20FN3O2. The van der Waals surface area contributed by atoms with E-state index in [-0.39, 0.29) is 28.7 Å². The van der Waals surface area contributed by atoms with Crippen molar-refractivity contribution in [2.45, 2.75) is 25.7 Å². The number of carbonyl (C=O) groups is 2. The fourth-order valence-corrected chi connectivity index (χ4v) is 4.00. The number of hydrogen-bond donors (Lipinski definition) is 1. The van der Waals surface area contributed by atoms with Gasteiger partial charge in [0.05, 0.1) is 11.8 Å². The Morgan fingerprint density at radius 1 is 1.45 bits per heavy atom. The Kier molecular flexibility index (Phi) is 3.85. The normalized spacial score (nSPS) is 27.4. The minimum atomic E-state index is -0.595. The van der Waals surface area contributed by atoms with Crippen LogP contribution in [0.3, 0.4) is 0 Å². The van der Waals surface area contributed by atoms with Crippen LogP contribution in [0.5, 0.6) is 0 Å². The Morgan fingerprint density at radius 3 is 3.00 bits per heavy atom. The third-order valence-electron chi connectivity index (χ3n) is 5.14. The minimum absolute atomic E-state index is 0.0439. The zero-order valence-corrected chi connectivity index (χ0v) is 12.6. The zero-order chi connectivity index (χ0) is 15.7. The Labute approximate surface area is 128 Å². The molecule has 2 aliphatic rings. The standard InChI is InChI=1S/C16H20FN3O2/c1-18-14(21)12-3-2-5-16(12)6-8-20(10-16)15(22)11-4-7-19-9-13(11)17/h4,7,9,12H,2-3,5-6,8,10H2,1H3,(H,18,21)/t12-,16-/m0/s1. The lowest BCUT2D eigenvalue weighted by atomic mass is 9.76. The van der Waals surface area contributed by atoms with E-state index in [9.17, 15) is 14.0 Å². The average Bonchev–Trinajstić information content (AvgIpc) is 3.14. The number of rotatable bonds is 2. The molecule has 0 aromatic carbocycles. The van der Waals surface area contributed by atoms with Crippen LogP contribution in [0, 0.1) is 17.2 Å². The molecule has 1 N–H and O–H groups in total. The summed E-state index contributed by atoms with van der Waals surface area (Å²) in [6, 6.07) is 1.41. The summed E-state index contributed by atoms with van der Waals surface area (Å²) in [5, 5.41) is 2.73. The fraction of sp³-hybridized carbons (Fsp3) is 0.562. The Bertz CT molecular complexity index is 607. The molecule has 1 aliphatic heterocycles. The van der Waals surface area contributed by atoms with Gasteiger partial charge in [-0.3, -0.25) is 14.6 Å². The maximum atomic E-state index is 13.7. The maximum absolute atomic E-state index is 13.7. The highest BCUT2D eigenvalue weighted by Crippen LogP contribution is 2.50. The fourth-order valence-electron chi connectivity index (χ4n) is 4.00. The number of aromatic nitrogens is 1. The molecule has 22 heavy (non-hydrogen) atoms. The first-order chi connectivity index (χ1) is 10.6. The highest BCUT2D eigenvalue weighted by atomic mass is 19.1. The predicted octanol–water partition coefficient (Wildman–Crippen LogP) is 1.60. The van der Waals surface area contributed by atoms with E-state index in [1.807, 2.05) is 0 Å². The number of nitrogens with zero attached hydrogens (tertiary/aromatic N) is 2. The number of hydrogen-bond acceptors (Lipinski definition) is 3. The van der Waals surface area contributed by atoms with Crippen LogP contribution < -0.4 is 5.32 Å². The SMILES string of the molecule is CNC(=O)[C@@H]1CCC[C@@]12CCN(C(=O)c1ccncc1F)C2. The average molecular weight is 305 g/mol. The summed E-state index contributed by atoms with van der Waals surface area (Å²) < 4.78 is 13.7. The molecule has 1 aromatic rings. The summed E-state index contributed by atoms with van der Waals surface area (Å²) >= 11 is 0. The molecule has 1 aliphatic carbocycles. The first-order valence-corrected chi connectivity index (χ1v) is 7.68. The van der Waals surface area contributed by atoms with Crippen molar-refractivity contribution in [2.24, 2.45) is 11.3 Å². The van der Waals surface area contributed by atoms with E-state index < -0.39 is 5.82 Å². The summed E-state index contributed by atoms with van der Waals surface area (Å²) in [5.74, 6) is -0.887. The van der Waals surface area contributed by atoms with Crippen LogP contribution in [-0.2, 0) is 4.79 Å². The second-order valence-corrected chi connectivity index (χ2v) is 6.25. The molecule has 0 bridgehead atoms. The number of carbonyl (C=O) groups excluding carboxylic acids is 2. The minimum Gasteiger partial charge on any atom is -0.359 e. The molecule has 1 aromatic heterocycles. The molecule has 1 saturated carbocycles. The molecular weight excluding hydrogens is 285 g/mol. The van der Waals surface area contributed by atoms with Gasteiger partial charge in [0.25, 0.3) is 5.91 Å². The predicted molar refractivity (Wildman–Crippen MR) is 78.6 cm³/mol. The van der Waals surface area contributed by atoms with E-state index in [2.05, 4.69) is 10.3 Å². The lowest BCUT2D eigenvalue weighted by molar-refractivity contribution is -0.127. The van der Waals surface area contributed by atoms with Crippen LogP contribution in [0.4, 0.5) is 4.39 Å². The topological polar surface area (TPSA) is 62.3 Å². The van der Waals surface area contributed by atoms with E-state index in [0.29, 0.717) is 13.1 Å². The van der Waals surface area contributed by atoms with Crippen molar-refractivity contribution in [3.05, 3.63) is 29.8 Å².